The van der Waals surface area contributed by atoms with Crippen molar-refractivity contribution in [3.63, 3.8) is 0 Å². The fraction of sp³-hybridized carbons (Fsp3) is 0.0909. The van der Waals surface area contributed by atoms with Gasteiger partial charge in [0.25, 0.3) is 0 Å². The van der Waals surface area contributed by atoms with Gasteiger partial charge in [0.15, 0.2) is 0 Å². The number of hydrogen-bond acceptors (Lipinski definition) is 2. The molecule has 0 aliphatic heterocycles. The number of carbonyl (C=O) groups is 1. The van der Waals surface area contributed by atoms with Crippen molar-refractivity contribution in [1.29, 1.82) is 0 Å². The second-order valence-corrected chi connectivity index (χ2v) is 3.40. The SMILES string of the molecule is O=C(O)c1cc(C(F)(F)F)cc2cccnc12. The van der Waals surface area contributed by atoms with Gasteiger partial charge in [-0.05, 0) is 18.2 Å². The van der Waals surface area contributed by atoms with E-state index in [9.17, 15) is 18.0 Å². The Labute approximate surface area is 93.5 Å². The molecule has 2 rings (SSSR count). The van der Waals surface area contributed by atoms with Gasteiger partial charge in [-0.2, -0.15) is 13.2 Å². The minimum absolute atomic E-state index is 0.0491. The van der Waals surface area contributed by atoms with Crippen LogP contribution in [0.4, 0.5) is 13.2 Å². The number of aromatic nitrogens is 1. The highest BCUT2D eigenvalue weighted by Gasteiger charge is 2.32. The van der Waals surface area contributed by atoms with E-state index in [1.54, 1.807) is 0 Å². The molecule has 0 saturated carbocycles. The lowest BCUT2D eigenvalue weighted by molar-refractivity contribution is -0.137. The van der Waals surface area contributed by atoms with Gasteiger partial charge >= 0.3 is 12.1 Å². The van der Waals surface area contributed by atoms with E-state index in [0.29, 0.717) is 6.07 Å². The van der Waals surface area contributed by atoms with Crippen molar-refractivity contribution >= 4 is 16.9 Å². The molecule has 88 valence electrons. The molecule has 1 aromatic heterocycles. The first-order valence-electron chi connectivity index (χ1n) is 4.59. The van der Waals surface area contributed by atoms with Gasteiger partial charge in [-0.3, -0.25) is 4.98 Å². The average Bonchev–Trinajstić information content (AvgIpc) is 2.26. The number of carboxylic acids is 1. The molecule has 0 bridgehead atoms. The lowest BCUT2D eigenvalue weighted by Gasteiger charge is -2.09. The second kappa shape index (κ2) is 3.73. The van der Waals surface area contributed by atoms with Crippen LogP contribution in [0.25, 0.3) is 10.9 Å². The van der Waals surface area contributed by atoms with Gasteiger partial charge in [-0.15, -0.1) is 0 Å². The van der Waals surface area contributed by atoms with Gasteiger partial charge in [0, 0.05) is 11.6 Å². The summed E-state index contributed by atoms with van der Waals surface area (Å²) < 4.78 is 37.6. The molecule has 1 aromatic carbocycles. The zero-order chi connectivity index (χ0) is 12.6. The van der Waals surface area contributed by atoms with E-state index in [-0.39, 0.29) is 10.9 Å². The molecule has 0 aliphatic carbocycles. The molecule has 0 saturated heterocycles. The summed E-state index contributed by atoms with van der Waals surface area (Å²) in [5, 5.41) is 9.02. The number of carboxylic acid groups (broad SMARTS) is 1. The number of hydrogen-bond donors (Lipinski definition) is 1. The quantitative estimate of drug-likeness (QED) is 0.835. The Balaban J connectivity index is 2.81. The Hall–Kier alpha value is -2.11. The first-order valence-corrected chi connectivity index (χ1v) is 4.59. The number of aromatic carboxylic acids is 1. The van der Waals surface area contributed by atoms with Crippen LogP contribution >= 0.6 is 0 Å². The Morgan fingerprint density at radius 3 is 2.59 bits per heavy atom. The maximum absolute atomic E-state index is 12.5. The summed E-state index contributed by atoms with van der Waals surface area (Å²) in [5.74, 6) is -1.43. The molecule has 6 heteroatoms. The van der Waals surface area contributed by atoms with E-state index in [2.05, 4.69) is 4.98 Å². The number of halogens is 3. The largest absolute Gasteiger partial charge is 0.478 e. The molecular formula is C11H6F3NO2. The normalized spacial score (nSPS) is 11.7. The molecule has 0 amide bonds. The van der Waals surface area contributed by atoms with Gasteiger partial charge in [-0.1, -0.05) is 6.07 Å². The van der Waals surface area contributed by atoms with Gasteiger partial charge < -0.3 is 5.11 Å². The molecule has 0 aliphatic rings. The van der Waals surface area contributed by atoms with Crippen molar-refractivity contribution in [3.8, 4) is 0 Å². The van der Waals surface area contributed by atoms with Crippen LogP contribution in [0.15, 0.2) is 30.5 Å². The van der Waals surface area contributed by atoms with Gasteiger partial charge in [-0.25, -0.2) is 4.79 Å². The Kier molecular flexibility index (Phi) is 2.49. The summed E-state index contributed by atoms with van der Waals surface area (Å²) in [6.07, 6.45) is -3.24. The highest BCUT2D eigenvalue weighted by Crippen LogP contribution is 2.32. The molecule has 0 fully saturated rings. The number of benzene rings is 1. The molecule has 17 heavy (non-hydrogen) atoms. The zero-order valence-electron chi connectivity index (χ0n) is 8.32. The molecule has 0 radical (unpaired) electrons. The first-order chi connectivity index (χ1) is 7.89. The van der Waals surface area contributed by atoms with Crippen molar-refractivity contribution in [2.24, 2.45) is 0 Å². The topological polar surface area (TPSA) is 50.2 Å². The van der Waals surface area contributed by atoms with Crippen LogP contribution in [0, 0.1) is 0 Å². The molecule has 0 spiro atoms. The van der Waals surface area contributed by atoms with Crippen molar-refractivity contribution < 1.29 is 23.1 Å². The summed E-state index contributed by atoms with van der Waals surface area (Å²) in [4.78, 5) is 14.7. The number of alkyl halides is 3. The molecule has 0 unspecified atom stereocenters. The zero-order valence-corrected chi connectivity index (χ0v) is 8.32. The molecule has 1 N–H and O–H groups in total. The maximum atomic E-state index is 12.5. The number of fused-ring (bicyclic) bond motifs is 1. The number of nitrogens with zero attached hydrogens (tertiary/aromatic N) is 1. The van der Waals surface area contributed by atoms with E-state index in [4.69, 9.17) is 5.11 Å². The summed E-state index contributed by atoms with van der Waals surface area (Å²) in [6.45, 7) is 0. The second-order valence-electron chi connectivity index (χ2n) is 3.40. The third kappa shape index (κ3) is 2.06. The maximum Gasteiger partial charge on any atom is 0.416 e. The highest BCUT2D eigenvalue weighted by molar-refractivity contribution is 6.02. The van der Waals surface area contributed by atoms with E-state index in [1.165, 1.54) is 18.3 Å². The van der Waals surface area contributed by atoms with E-state index in [1.807, 2.05) is 0 Å². The molecule has 1 heterocycles. The summed E-state index contributed by atoms with van der Waals surface area (Å²) in [7, 11) is 0. The number of pyridine rings is 1. The van der Waals surface area contributed by atoms with Gasteiger partial charge in [0.1, 0.15) is 0 Å². The summed E-state index contributed by atoms with van der Waals surface area (Å²) >= 11 is 0. The lowest BCUT2D eigenvalue weighted by atomic mass is 10.0. The van der Waals surface area contributed by atoms with E-state index >= 15 is 0 Å². The highest BCUT2D eigenvalue weighted by atomic mass is 19.4. The molecular weight excluding hydrogens is 235 g/mol. The van der Waals surface area contributed by atoms with Gasteiger partial charge in [0.05, 0.1) is 16.6 Å². The third-order valence-electron chi connectivity index (χ3n) is 2.26. The average molecular weight is 241 g/mol. The fourth-order valence-electron chi connectivity index (χ4n) is 1.52. The molecule has 3 nitrogen and oxygen atoms in total. The lowest BCUT2D eigenvalue weighted by Crippen LogP contribution is -2.08. The van der Waals surface area contributed by atoms with Crippen molar-refractivity contribution in [3.05, 3.63) is 41.6 Å². The predicted octanol–water partition coefficient (Wildman–Crippen LogP) is 2.95. The van der Waals surface area contributed by atoms with Crippen LogP contribution in [0.3, 0.4) is 0 Å². The van der Waals surface area contributed by atoms with Crippen LogP contribution < -0.4 is 0 Å². The number of rotatable bonds is 1. The standard InChI is InChI=1S/C11H6F3NO2/c12-11(13,14)7-4-6-2-1-3-15-9(6)8(5-7)10(16)17/h1-5H,(H,16,17). The summed E-state index contributed by atoms with van der Waals surface area (Å²) in [5.41, 5.74) is -1.39. The van der Waals surface area contributed by atoms with Crippen molar-refractivity contribution in [2.45, 2.75) is 6.18 Å². The molecule has 2 aromatic rings. The minimum Gasteiger partial charge on any atom is -0.478 e. The summed E-state index contributed by atoms with van der Waals surface area (Å²) in [6, 6.07) is 4.32. The van der Waals surface area contributed by atoms with Crippen molar-refractivity contribution in [1.82, 2.24) is 4.98 Å². The smallest absolute Gasteiger partial charge is 0.416 e. The van der Waals surface area contributed by atoms with Crippen LogP contribution in [0.5, 0.6) is 0 Å². The minimum atomic E-state index is -4.58. The van der Waals surface area contributed by atoms with Crippen LogP contribution in [0.1, 0.15) is 15.9 Å². The van der Waals surface area contributed by atoms with Crippen LogP contribution in [-0.4, -0.2) is 16.1 Å². The fourth-order valence-corrected chi connectivity index (χ4v) is 1.52. The molecule has 0 atom stereocenters. The predicted molar refractivity (Wildman–Crippen MR) is 53.7 cm³/mol. The van der Waals surface area contributed by atoms with Crippen LogP contribution in [0.2, 0.25) is 0 Å². The van der Waals surface area contributed by atoms with E-state index < -0.39 is 23.3 Å². The van der Waals surface area contributed by atoms with E-state index in [0.717, 1.165) is 6.07 Å². The monoisotopic (exact) mass is 241 g/mol. The van der Waals surface area contributed by atoms with Gasteiger partial charge in [0.2, 0.25) is 0 Å². The van der Waals surface area contributed by atoms with Crippen molar-refractivity contribution in [2.75, 3.05) is 0 Å². The Bertz CT molecular complexity index is 593. The Morgan fingerprint density at radius 2 is 2.00 bits per heavy atom. The van der Waals surface area contributed by atoms with Crippen LogP contribution in [-0.2, 0) is 6.18 Å². The third-order valence-corrected chi connectivity index (χ3v) is 2.26. The Morgan fingerprint density at radius 1 is 1.29 bits per heavy atom. The first kappa shape index (κ1) is 11.4.